The van der Waals surface area contributed by atoms with Crippen LogP contribution in [0.5, 0.6) is 0 Å². The summed E-state index contributed by atoms with van der Waals surface area (Å²) in [7, 11) is 0. The third-order valence-corrected chi connectivity index (χ3v) is 3.05. The monoisotopic (exact) mass is 249 g/mol. The highest BCUT2D eigenvalue weighted by atomic mass is 16.3. The lowest BCUT2D eigenvalue weighted by Crippen LogP contribution is -2.34. The largest absolute Gasteiger partial charge is 0.392 e. The summed E-state index contributed by atoms with van der Waals surface area (Å²) in [6.07, 6.45) is 0.608. The van der Waals surface area contributed by atoms with Gasteiger partial charge in [0, 0.05) is 19.6 Å². The van der Waals surface area contributed by atoms with E-state index in [1.807, 2.05) is 6.92 Å². The molecule has 1 aromatic carbocycles. The second-order valence-corrected chi connectivity index (χ2v) is 5.64. The Hall–Kier alpha value is -0.860. The number of rotatable bonds is 7. The van der Waals surface area contributed by atoms with E-state index in [1.165, 1.54) is 11.1 Å². The molecule has 0 aliphatic rings. The number of nitrogens with zero attached hydrogens (tertiary/aromatic N) is 1. The Kier molecular flexibility index (Phi) is 6.37. The van der Waals surface area contributed by atoms with Crippen LogP contribution in [-0.4, -0.2) is 29.2 Å². The number of benzene rings is 1. The standard InChI is InChI=1S/C16H27NO/c1-5-16(18)12-17(10-13(2)3)11-15-8-6-7-14(4)9-15/h6-9,13,16,18H,5,10-12H2,1-4H3/t16-/m0/s1. The summed E-state index contributed by atoms with van der Waals surface area (Å²) in [5.41, 5.74) is 2.63. The summed E-state index contributed by atoms with van der Waals surface area (Å²) in [4.78, 5) is 2.35. The Labute approximate surface area is 112 Å². The maximum Gasteiger partial charge on any atom is 0.0664 e. The van der Waals surface area contributed by atoms with Crippen molar-refractivity contribution in [3.05, 3.63) is 35.4 Å². The number of hydrogen-bond donors (Lipinski definition) is 1. The van der Waals surface area contributed by atoms with Crippen molar-refractivity contribution >= 4 is 0 Å². The zero-order valence-corrected chi connectivity index (χ0v) is 12.2. The van der Waals surface area contributed by atoms with E-state index in [9.17, 15) is 5.11 Å². The third-order valence-electron chi connectivity index (χ3n) is 3.05. The Bertz CT molecular complexity index is 349. The first kappa shape index (κ1) is 15.2. The van der Waals surface area contributed by atoms with E-state index in [2.05, 4.69) is 49.9 Å². The van der Waals surface area contributed by atoms with Crippen molar-refractivity contribution in [2.45, 2.75) is 46.8 Å². The highest BCUT2D eigenvalue weighted by Gasteiger charge is 2.12. The van der Waals surface area contributed by atoms with Crippen molar-refractivity contribution in [2.24, 2.45) is 5.92 Å². The smallest absolute Gasteiger partial charge is 0.0664 e. The van der Waals surface area contributed by atoms with Gasteiger partial charge in [0.05, 0.1) is 6.10 Å². The van der Waals surface area contributed by atoms with E-state index in [-0.39, 0.29) is 6.10 Å². The van der Waals surface area contributed by atoms with E-state index in [0.29, 0.717) is 5.92 Å². The minimum Gasteiger partial charge on any atom is -0.392 e. The van der Waals surface area contributed by atoms with Crippen LogP contribution in [-0.2, 0) is 6.54 Å². The Morgan fingerprint density at radius 1 is 1.22 bits per heavy atom. The molecule has 0 aliphatic heterocycles. The fourth-order valence-electron chi connectivity index (χ4n) is 2.22. The molecule has 0 spiro atoms. The molecule has 1 rings (SSSR count). The van der Waals surface area contributed by atoms with Crippen LogP contribution in [0.1, 0.15) is 38.3 Å². The molecule has 0 saturated carbocycles. The molecule has 0 saturated heterocycles. The van der Waals surface area contributed by atoms with Crippen LogP contribution in [0.15, 0.2) is 24.3 Å². The topological polar surface area (TPSA) is 23.5 Å². The zero-order valence-electron chi connectivity index (χ0n) is 12.2. The van der Waals surface area contributed by atoms with Crippen LogP contribution < -0.4 is 0 Å². The van der Waals surface area contributed by atoms with Gasteiger partial charge in [0.1, 0.15) is 0 Å². The molecule has 18 heavy (non-hydrogen) atoms. The highest BCUT2D eigenvalue weighted by Crippen LogP contribution is 2.10. The van der Waals surface area contributed by atoms with Crippen molar-refractivity contribution < 1.29 is 5.11 Å². The van der Waals surface area contributed by atoms with E-state index in [1.54, 1.807) is 0 Å². The minimum atomic E-state index is -0.214. The van der Waals surface area contributed by atoms with Gasteiger partial charge in [-0.3, -0.25) is 4.90 Å². The van der Waals surface area contributed by atoms with Gasteiger partial charge in [-0.1, -0.05) is 50.6 Å². The van der Waals surface area contributed by atoms with Crippen LogP contribution in [0, 0.1) is 12.8 Å². The lowest BCUT2D eigenvalue weighted by atomic mass is 10.1. The average molecular weight is 249 g/mol. The molecule has 2 nitrogen and oxygen atoms in total. The molecule has 1 aromatic rings. The van der Waals surface area contributed by atoms with Gasteiger partial charge in [0.25, 0.3) is 0 Å². The summed E-state index contributed by atoms with van der Waals surface area (Å²) in [5, 5.41) is 9.83. The van der Waals surface area contributed by atoms with Crippen LogP contribution >= 0.6 is 0 Å². The van der Waals surface area contributed by atoms with Gasteiger partial charge < -0.3 is 5.11 Å². The van der Waals surface area contributed by atoms with Crippen molar-refractivity contribution in [2.75, 3.05) is 13.1 Å². The predicted molar refractivity (Wildman–Crippen MR) is 77.6 cm³/mol. The lowest BCUT2D eigenvalue weighted by Gasteiger charge is -2.26. The fourth-order valence-corrected chi connectivity index (χ4v) is 2.22. The van der Waals surface area contributed by atoms with Gasteiger partial charge in [-0.2, -0.15) is 0 Å². The Balaban J connectivity index is 2.65. The van der Waals surface area contributed by atoms with Crippen molar-refractivity contribution in [3.63, 3.8) is 0 Å². The van der Waals surface area contributed by atoms with Crippen molar-refractivity contribution in [1.82, 2.24) is 4.90 Å². The molecule has 0 unspecified atom stereocenters. The minimum absolute atomic E-state index is 0.214. The van der Waals surface area contributed by atoms with E-state index in [0.717, 1.165) is 26.1 Å². The second-order valence-electron chi connectivity index (χ2n) is 5.64. The molecule has 2 heteroatoms. The summed E-state index contributed by atoms with van der Waals surface area (Å²) in [5.74, 6) is 0.624. The molecule has 1 N–H and O–H groups in total. The summed E-state index contributed by atoms with van der Waals surface area (Å²) >= 11 is 0. The van der Waals surface area contributed by atoms with Gasteiger partial charge in [0.2, 0.25) is 0 Å². The predicted octanol–water partition coefficient (Wildman–Crippen LogP) is 3.22. The second kappa shape index (κ2) is 7.55. The molecule has 0 aromatic heterocycles. The molecule has 0 fully saturated rings. The normalized spacial score (nSPS) is 13.3. The fraction of sp³-hybridized carbons (Fsp3) is 0.625. The lowest BCUT2D eigenvalue weighted by molar-refractivity contribution is 0.0986. The molecular weight excluding hydrogens is 222 g/mol. The molecule has 0 amide bonds. The maximum atomic E-state index is 9.83. The molecule has 1 atom stereocenters. The van der Waals surface area contributed by atoms with Crippen LogP contribution in [0.3, 0.4) is 0 Å². The van der Waals surface area contributed by atoms with Gasteiger partial charge in [-0.05, 0) is 24.8 Å². The van der Waals surface area contributed by atoms with Crippen molar-refractivity contribution in [3.8, 4) is 0 Å². The molecular formula is C16H27NO. The molecule has 0 bridgehead atoms. The number of aliphatic hydroxyl groups is 1. The van der Waals surface area contributed by atoms with E-state index >= 15 is 0 Å². The summed E-state index contributed by atoms with van der Waals surface area (Å²) < 4.78 is 0. The number of hydrogen-bond acceptors (Lipinski definition) is 2. The highest BCUT2D eigenvalue weighted by molar-refractivity contribution is 5.22. The molecule has 102 valence electrons. The summed E-state index contributed by atoms with van der Waals surface area (Å²) in [6.45, 7) is 11.3. The maximum absolute atomic E-state index is 9.83. The molecule has 0 radical (unpaired) electrons. The van der Waals surface area contributed by atoms with E-state index < -0.39 is 0 Å². The van der Waals surface area contributed by atoms with Crippen LogP contribution in [0.4, 0.5) is 0 Å². The summed E-state index contributed by atoms with van der Waals surface area (Å²) in [6, 6.07) is 8.62. The van der Waals surface area contributed by atoms with Gasteiger partial charge in [-0.25, -0.2) is 0 Å². The van der Waals surface area contributed by atoms with Crippen LogP contribution in [0.2, 0.25) is 0 Å². The first-order valence-electron chi connectivity index (χ1n) is 6.97. The van der Waals surface area contributed by atoms with Gasteiger partial charge in [0.15, 0.2) is 0 Å². The molecule has 0 aliphatic carbocycles. The van der Waals surface area contributed by atoms with Crippen LogP contribution in [0.25, 0.3) is 0 Å². The van der Waals surface area contributed by atoms with Gasteiger partial charge in [-0.15, -0.1) is 0 Å². The average Bonchev–Trinajstić information content (AvgIpc) is 2.27. The third kappa shape index (κ3) is 5.65. The zero-order chi connectivity index (χ0) is 13.5. The molecule has 0 heterocycles. The van der Waals surface area contributed by atoms with E-state index in [4.69, 9.17) is 0 Å². The first-order chi connectivity index (χ1) is 8.51. The van der Waals surface area contributed by atoms with Crippen molar-refractivity contribution in [1.29, 1.82) is 0 Å². The number of aryl methyl sites for hydroxylation is 1. The number of aliphatic hydroxyl groups excluding tert-OH is 1. The Morgan fingerprint density at radius 3 is 2.50 bits per heavy atom. The first-order valence-corrected chi connectivity index (χ1v) is 6.97. The SMILES string of the molecule is CC[C@H](O)CN(Cc1cccc(C)c1)CC(C)C. The Morgan fingerprint density at radius 2 is 1.94 bits per heavy atom. The van der Waals surface area contributed by atoms with Gasteiger partial charge >= 0.3 is 0 Å². The quantitative estimate of drug-likeness (QED) is 0.802.